The van der Waals surface area contributed by atoms with Gasteiger partial charge in [-0.1, -0.05) is 25.0 Å². The average molecular weight is 252 g/mol. The lowest BCUT2D eigenvalue weighted by Gasteiger charge is -2.09. The van der Waals surface area contributed by atoms with Gasteiger partial charge in [0.15, 0.2) is 0 Å². The van der Waals surface area contributed by atoms with Crippen LogP contribution in [0.4, 0.5) is 0 Å². The van der Waals surface area contributed by atoms with Crippen molar-refractivity contribution in [1.82, 2.24) is 0 Å². The van der Waals surface area contributed by atoms with Crippen molar-refractivity contribution >= 4 is 0 Å². The van der Waals surface area contributed by atoms with E-state index in [2.05, 4.69) is 13.2 Å². The zero-order valence-corrected chi connectivity index (χ0v) is 11.4. The highest BCUT2D eigenvalue weighted by Crippen LogP contribution is 2.28. The van der Waals surface area contributed by atoms with Crippen LogP contribution in [-0.2, 0) is 0 Å². The molecule has 0 radical (unpaired) electrons. The van der Waals surface area contributed by atoms with Gasteiger partial charge in [-0.05, 0) is 50.4 Å². The summed E-state index contributed by atoms with van der Waals surface area (Å²) in [6, 6.07) is 0. The first-order valence-electron chi connectivity index (χ1n) is 7.27. The van der Waals surface area contributed by atoms with Gasteiger partial charge >= 0.3 is 0 Å². The molecule has 0 aromatic heterocycles. The normalized spacial score (nSPS) is 34.8. The minimum atomic E-state index is -0.0389. The fourth-order valence-corrected chi connectivity index (χ4v) is 3.01. The first-order chi connectivity index (χ1) is 8.69. The Hall–Kier alpha value is -0.600. The molecule has 18 heavy (non-hydrogen) atoms. The Morgan fingerprint density at radius 2 is 1.17 bits per heavy atom. The fourth-order valence-electron chi connectivity index (χ4n) is 3.01. The standard InChI is InChI=1S/2C8H14O/c2*1-2-4-7-5-3-6-8(7)9/h2*2,7-9H,1,3-6H2/t2*7-,8+/m10/s1. The van der Waals surface area contributed by atoms with Crippen LogP contribution < -0.4 is 0 Å². The molecule has 2 N–H and O–H groups in total. The topological polar surface area (TPSA) is 40.5 Å². The molecule has 0 spiro atoms. The van der Waals surface area contributed by atoms with Crippen LogP contribution in [0.3, 0.4) is 0 Å². The molecule has 0 unspecified atom stereocenters. The molecule has 2 heteroatoms. The third kappa shape index (κ3) is 4.95. The lowest BCUT2D eigenvalue weighted by Crippen LogP contribution is -2.11. The van der Waals surface area contributed by atoms with E-state index in [-0.39, 0.29) is 12.2 Å². The Bertz CT molecular complexity index is 223. The molecule has 0 saturated heterocycles. The summed E-state index contributed by atoms with van der Waals surface area (Å²) >= 11 is 0. The van der Waals surface area contributed by atoms with Crippen molar-refractivity contribution in [1.29, 1.82) is 0 Å². The van der Waals surface area contributed by atoms with Crippen LogP contribution in [-0.4, -0.2) is 22.4 Å². The summed E-state index contributed by atoms with van der Waals surface area (Å²) in [6.45, 7) is 7.30. The van der Waals surface area contributed by atoms with Crippen LogP contribution >= 0.6 is 0 Å². The summed E-state index contributed by atoms with van der Waals surface area (Å²) in [4.78, 5) is 0. The lowest BCUT2D eigenvalue weighted by atomic mass is 10.0. The maximum Gasteiger partial charge on any atom is 0.0571 e. The third-order valence-corrected chi connectivity index (χ3v) is 4.18. The van der Waals surface area contributed by atoms with Crippen molar-refractivity contribution in [3.05, 3.63) is 25.3 Å². The monoisotopic (exact) mass is 252 g/mol. The van der Waals surface area contributed by atoms with Crippen molar-refractivity contribution in [2.75, 3.05) is 0 Å². The van der Waals surface area contributed by atoms with E-state index in [9.17, 15) is 10.2 Å². The fraction of sp³-hybridized carbons (Fsp3) is 0.750. The van der Waals surface area contributed by atoms with Gasteiger partial charge in [0, 0.05) is 0 Å². The van der Waals surface area contributed by atoms with Crippen LogP contribution in [0.25, 0.3) is 0 Å². The molecule has 0 aromatic rings. The molecule has 2 fully saturated rings. The molecule has 2 saturated carbocycles. The lowest BCUT2D eigenvalue weighted by molar-refractivity contribution is 0.134. The number of hydrogen-bond acceptors (Lipinski definition) is 2. The summed E-state index contributed by atoms with van der Waals surface area (Å²) < 4.78 is 0. The summed E-state index contributed by atoms with van der Waals surface area (Å²) in [5, 5.41) is 18.5. The second kappa shape index (κ2) is 8.49. The molecule has 4 atom stereocenters. The summed E-state index contributed by atoms with van der Waals surface area (Å²) in [6.07, 6.45) is 12.5. The van der Waals surface area contributed by atoms with Crippen molar-refractivity contribution in [3.8, 4) is 0 Å². The molecule has 2 nitrogen and oxygen atoms in total. The van der Waals surface area contributed by atoms with Gasteiger partial charge in [0.25, 0.3) is 0 Å². The minimum absolute atomic E-state index is 0.0389. The van der Waals surface area contributed by atoms with E-state index in [0.717, 1.165) is 25.7 Å². The van der Waals surface area contributed by atoms with Crippen LogP contribution in [0, 0.1) is 11.8 Å². The van der Waals surface area contributed by atoms with E-state index in [1.165, 1.54) is 25.7 Å². The summed E-state index contributed by atoms with van der Waals surface area (Å²) in [5.74, 6) is 1.03. The third-order valence-electron chi connectivity index (χ3n) is 4.18. The van der Waals surface area contributed by atoms with Crippen LogP contribution in [0.5, 0.6) is 0 Å². The summed E-state index contributed by atoms with van der Waals surface area (Å²) in [5.41, 5.74) is 0. The van der Waals surface area contributed by atoms with Crippen molar-refractivity contribution in [3.63, 3.8) is 0 Å². The first-order valence-corrected chi connectivity index (χ1v) is 7.27. The van der Waals surface area contributed by atoms with Crippen LogP contribution in [0.2, 0.25) is 0 Å². The zero-order valence-electron chi connectivity index (χ0n) is 11.4. The SMILES string of the molecule is C=CC[C@@H]1CCC[C@@H]1O.C=CC[C@H]1CCC[C@H]1O. The van der Waals surface area contributed by atoms with Gasteiger partial charge in [0.05, 0.1) is 12.2 Å². The van der Waals surface area contributed by atoms with E-state index in [1.54, 1.807) is 0 Å². The van der Waals surface area contributed by atoms with E-state index >= 15 is 0 Å². The van der Waals surface area contributed by atoms with Gasteiger partial charge in [-0.3, -0.25) is 0 Å². The number of aliphatic hydroxyl groups is 2. The predicted octanol–water partition coefficient (Wildman–Crippen LogP) is 3.45. The minimum Gasteiger partial charge on any atom is -0.393 e. The highest BCUT2D eigenvalue weighted by molar-refractivity contribution is 4.83. The largest absolute Gasteiger partial charge is 0.393 e. The second-order valence-electron chi connectivity index (χ2n) is 5.57. The van der Waals surface area contributed by atoms with E-state index in [4.69, 9.17) is 0 Å². The molecule has 104 valence electrons. The number of rotatable bonds is 4. The second-order valence-corrected chi connectivity index (χ2v) is 5.57. The van der Waals surface area contributed by atoms with Gasteiger partial charge in [-0.25, -0.2) is 0 Å². The molecular weight excluding hydrogens is 224 g/mol. The number of hydrogen-bond donors (Lipinski definition) is 2. The average Bonchev–Trinajstić information content (AvgIpc) is 2.92. The highest BCUT2D eigenvalue weighted by Gasteiger charge is 2.23. The summed E-state index contributed by atoms with van der Waals surface area (Å²) in [7, 11) is 0. The predicted molar refractivity (Wildman–Crippen MR) is 76.3 cm³/mol. The molecule has 0 heterocycles. The van der Waals surface area contributed by atoms with E-state index < -0.39 is 0 Å². The Morgan fingerprint density at radius 3 is 1.39 bits per heavy atom. The number of aliphatic hydroxyl groups excluding tert-OH is 2. The molecular formula is C16H28O2. The van der Waals surface area contributed by atoms with Crippen molar-refractivity contribution < 1.29 is 10.2 Å². The van der Waals surface area contributed by atoms with E-state index in [0.29, 0.717) is 11.8 Å². The molecule has 2 rings (SSSR count). The van der Waals surface area contributed by atoms with Crippen molar-refractivity contribution in [2.24, 2.45) is 11.8 Å². The molecule has 2 aliphatic carbocycles. The Balaban J connectivity index is 0.000000180. The Morgan fingerprint density at radius 1 is 0.778 bits per heavy atom. The van der Waals surface area contributed by atoms with Gasteiger partial charge in [0.2, 0.25) is 0 Å². The molecule has 0 bridgehead atoms. The Kier molecular flexibility index (Phi) is 7.29. The Labute approximate surface area is 111 Å². The quantitative estimate of drug-likeness (QED) is 0.752. The van der Waals surface area contributed by atoms with E-state index in [1.807, 2.05) is 12.2 Å². The van der Waals surface area contributed by atoms with Crippen LogP contribution in [0.1, 0.15) is 51.4 Å². The molecule has 0 aromatic carbocycles. The molecule has 2 aliphatic rings. The molecule has 0 amide bonds. The number of allylic oxidation sites excluding steroid dienone is 2. The van der Waals surface area contributed by atoms with Gasteiger partial charge < -0.3 is 10.2 Å². The molecule has 0 aliphatic heterocycles. The van der Waals surface area contributed by atoms with Crippen LogP contribution in [0.15, 0.2) is 25.3 Å². The maximum absolute atomic E-state index is 9.27. The van der Waals surface area contributed by atoms with Gasteiger partial charge in [-0.2, -0.15) is 0 Å². The van der Waals surface area contributed by atoms with Gasteiger partial charge in [-0.15, -0.1) is 13.2 Å². The highest BCUT2D eigenvalue weighted by atomic mass is 16.3. The van der Waals surface area contributed by atoms with Gasteiger partial charge in [0.1, 0.15) is 0 Å². The first kappa shape index (κ1) is 15.5. The van der Waals surface area contributed by atoms with Crippen molar-refractivity contribution in [2.45, 2.75) is 63.6 Å². The maximum atomic E-state index is 9.27. The smallest absolute Gasteiger partial charge is 0.0571 e. The zero-order chi connectivity index (χ0) is 13.4.